The van der Waals surface area contributed by atoms with Gasteiger partial charge in [0.1, 0.15) is 0 Å². The van der Waals surface area contributed by atoms with Crippen molar-refractivity contribution in [3.8, 4) is 0 Å². The SMILES string of the molecule is C=CCCN1CCCC1CO. The molecule has 0 aromatic rings. The highest BCUT2D eigenvalue weighted by molar-refractivity contribution is 4.80. The van der Waals surface area contributed by atoms with Crippen LogP contribution in [0.4, 0.5) is 0 Å². The van der Waals surface area contributed by atoms with Crippen molar-refractivity contribution in [2.75, 3.05) is 19.7 Å². The van der Waals surface area contributed by atoms with E-state index in [2.05, 4.69) is 11.5 Å². The topological polar surface area (TPSA) is 23.5 Å². The minimum Gasteiger partial charge on any atom is -0.395 e. The number of aliphatic hydroxyl groups is 1. The third-order valence-electron chi connectivity index (χ3n) is 2.33. The summed E-state index contributed by atoms with van der Waals surface area (Å²) in [5.74, 6) is 0. The molecule has 0 bridgehead atoms. The van der Waals surface area contributed by atoms with Gasteiger partial charge < -0.3 is 5.11 Å². The molecule has 2 heteroatoms. The van der Waals surface area contributed by atoms with Crippen molar-refractivity contribution in [3.63, 3.8) is 0 Å². The zero-order chi connectivity index (χ0) is 8.10. The van der Waals surface area contributed by atoms with Crippen LogP contribution < -0.4 is 0 Å². The maximum atomic E-state index is 8.97. The lowest BCUT2D eigenvalue weighted by molar-refractivity contribution is 0.161. The summed E-state index contributed by atoms with van der Waals surface area (Å²) in [6.45, 7) is 6.22. The minimum atomic E-state index is 0.317. The Morgan fingerprint density at radius 2 is 2.45 bits per heavy atom. The fourth-order valence-corrected chi connectivity index (χ4v) is 1.65. The van der Waals surface area contributed by atoms with Gasteiger partial charge in [-0.3, -0.25) is 4.90 Å². The number of hydrogen-bond acceptors (Lipinski definition) is 2. The summed E-state index contributed by atoms with van der Waals surface area (Å²) in [5, 5.41) is 8.97. The smallest absolute Gasteiger partial charge is 0.0586 e. The molecule has 0 amide bonds. The molecule has 0 aromatic carbocycles. The normalized spacial score (nSPS) is 25.7. The Morgan fingerprint density at radius 3 is 3.09 bits per heavy atom. The average molecular weight is 155 g/mol. The Balaban J connectivity index is 2.25. The standard InChI is InChI=1S/C9H17NO/c1-2-3-6-10-7-4-5-9(10)8-11/h2,9,11H,1,3-8H2. The molecule has 2 nitrogen and oxygen atoms in total. The Labute approximate surface area is 68.5 Å². The van der Waals surface area contributed by atoms with Gasteiger partial charge in [0.05, 0.1) is 6.61 Å². The van der Waals surface area contributed by atoms with Crippen LogP contribution in [0.25, 0.3) is 0 Å². The molecule has 64 valence electrons. The van der Waals surface area contributed by atoms with E-state index in [0.717, 1.165) is 25.9 Å². The maximum absolute atomic E-state index is 8.97. The molecule has 0 aromatic heterocycles. The summed E-state index contributed by atoms with van der Waals surface area (Å²) >= 11 is 0. The molecule has 1 unspecified atom stereocenters. The lowest BCUT2D eigenvalue weighted by Crippen LogP contribution is -2.32. The number of rotatable bonds is 4. The van der Waals surface area contributed by atoms with Crippen LogP contribution in [0, 0.1) is 0 Å². The fraction of sp³-hybridized carbons (Fsp3) is 0.778. The van der Waals surface area contributed by atoms with Crippen LogP contribution in [0.2, 0.25) is 0 Å². The van der Waals surface area contributed by atoms with Crippen LogP contribution >= 0.6 is 0 Å². The average Bonchev–Trinajstić information content (AvgIpc) is 2.47. The fourth-order valence-electron chi connectivity index (χ4n) is 1.65. The van der Waals surface area contributed by atoms with Gasteiger partial charge in [-0.25, -0.2) is 0 Å². The number of hydrogen-bond donors (Lipinski definition) is 1. The number of likely N-dealkylation sites (tertiary alicyclic amines) is 1. The second kappa shape index (κ2) is 4.52. The molecule has 1 fully saturated rings. The molecule has 1 aliphatic rings. The van der Waals surface area contributed by atoms with E-state index in [0.29, 0.717) is 12.6 Å². The van der Waals surface area contributed by atoms with Gasteiger partial charge in [0, 0.05) is 12.6 Å². The van der Waals surface area contributed by atoms with Gasteiger partial charge in [0.15, 0.2) is 0 Å². The van der Waals surface area contributed by atoms with Crippen molar-refractivity contribution in [2.45, 2.75) is 25.3 Å². The quantitative estimate of drug-likeness (QED) is 0.613. The van der Waals surface area contributed by atoms with Crippen LogP contribution in [-0.2, 0) is 0 Å². The van der Waals surface area contributed by atoms with Crippen LogP contribution in [-0.4, -0.2) is 35.7 Å². The predicted molar refractivity (Wildman–Crippen MR) is 46.5 cm³/mol. The summed E-state index contributed by atoms with van der Waals surface area (Å²) in [4.78, 5) is 2.35. The van der Waals surface area contributed by atoms with Gasteiger partial charge in [-0.05, 0) is 25.8 Å². The summed E-state index contributed by atoms with van der Waals surface area (Å²) in [7, 11) is 0. The molecule has 1 N–H and O–H groups in total. The lowest BCUT2D eigenvalue weighted by Gasteiger charge is -2.21. The monoisotopic (exact) mass is 155 g/mol. The molecule has 1 atom stereocenters. The molecular formula is C9H17NO. The van der Waals surface area contributed by atoms with Gasteiger partial charge >= 0.3 is 0 Å². The summed E-state index contributed by atoms with van der Waals surface area (Å²) < 4.78 is 0. The molecule has 0 radical (unpaired) electrons. The first-order valence-electron chi connectivity index (χ1n) is 4.34. The van der Waals surface area contributed by atoms with Crippen molar-refractivity contribution in [3.05, 3.63) is 12.7 Å². The van der Waals surface area contributed by atoms with Crippen LogP contribution in [0.15, 0.2) is 12.7 Å². The van der Waals surface area contributed by atoms with Gasteiger partial charge in [-0.1, -0.05) is 6.08 Å². The zero-order valence-electron chi connectivity index (χ0n) is 7.00. The first-order chi connectivity index (χ1) is 5.38. The van der Waals surface area contributed by atoms with E-state index in [1.54, 1.807) is 0 Å². The van der Waals surface area contributed by atoms with Gasteiger partial charge in [0.2, 0.25) is 0 Å². The van der Waals surface area contributed by atoms with Crippen LogP contribution in [0.1, 0.15) is 19.3 Å². The van der Waals surface area contributed by atoms with Gasteiger partial charge in [0.25, 0.3) is 0 Å². The molecule has 1 aliphatic heterocycles. The van der Waals surface area contributed by atoms with Crippen molar-refractivity contribution in [1.82, 2.24) is 4.90 Å². The predicted octanol–water partition coefficient (Wildman–Crippen LogP) is 1.02. The van der Waals surface area contributed by atoms with Gasteiger partial charge in [-0.2, -0.15) is 0 Å². The first kappa shape index (κ1) is 8.75. The highest BCUT2D eigenvalue weighted by Crippen LogP contribution is 2.16. The highest BCUT2D eigenvalue weighted by Gasteiger charge is 2.22. The van der Waals surface area contributed by atoms with Crippen molar-refractivity contribution >= 4 is 0 Å². The third-order valence-corrected chi connectivity index (χ3v) is 2.33. The second-order valence-electron chi connectivity index (χ2n) is 3.09. The van der Waals surface area contributed by atoms with E-state index in [1.807, 2.05) is 6.08 Å². The molecular weight excluding hydrogens is 138 g/mol. The van der Waals surface area contributed by atoms with E-state index in [-0.39, 0.29) is 0 Å². The highest BCUT2D eigenvalue weighted by atomic mass is 16.3. The Hall–Kier alpha value is -0.340. The van der Waals surface area contributed by atoms with E-state index < -0.39 is 0 Å². The molecule has 0 spiro atoms. The molecule has 1 rings (SSSR count). The largest absolute Gasteiger partial charge is 0.395 e. The summed E-state index contributed by atoms with van der Waals surface area (Å²) in [6.07, 6.45) is 5.37. The van der Waals surface area contributed by atoms with E-state index in [9.17, 15) is 0 Å². The van der Waals surface area contributed by atoms with Crippen molar-refractivity contribution < 1.29 is 5.11 Å². The Morgan fingerprint density at radius 1 is 1.64 bits per heavy atom. The molecule has 1 heterocycles. The number of aliphatic hydroxyl groups excluding tert-OH is 1. The van der Waals surface area contributed by atoms with Crippen molar-refractivity contribution in [2.24, 2.45) is 0 Å². The molecule has 11 heavy (non-hydrogen) atoms. The summed E-state index contributed by atoms with van der Waals surface area (Å²) in [5.41, 5.74) is 0. The lowest BCUT2D eigenvalue weighted by atomic mass is 10.2. The molecule has 0 aliphatic carbocycles. The minimum absolute atomic E-state index is 0.317. The van der Waals surface area contributed by atoms with E-state index in [1.165, 1.54) is 6.42 Å². The third kappa shape index (κ3) is 2.31. The van der Waals surface area contributed by atoms with E-state index >= 15 is 0 Å². The summed E-state index contributed by atoms with van der Waals surface area (Å²) in [6, 6.07) is 0.426. The number of nitrogens with zero attached hydrogens (tertiary/aromatic N) is 1. The zero-order valence-corrected chi connectivity index (χ0v) is 7.00. The second-order valence-corrected chi connectivity index (χ2v) is 3.09. The van der Waals surface area contributed by atoms with Gasteiger partial charge in [-0.15, -0.1) is 6.58 Å². The molecule has 0 saturated carbocycles. The van der Waals surface area contributed by atoms with Crippen molar-refractivity contribution in [1.29, 1.82) is 0 Å². The first-order valence-corrected chi connectivity index (χ1v) is 4.34. The molecule has 1 saturated heterocycles. The van der Waals surface area contributed by atoms with Crippen LogP contribution in [0.3, 0.4) is 0 Å². The maximum Gasteiger partial charge on any atom is 0.0586 e. The Bertz CT molecular complexity index is 125. The van der Waals surface area contributed by atoms with Crippen LogP contribution in [0.5, 0.6) is 0 Å². The Kier molecular flexibility index (Phi) is 3.60. The van der Waals surface area contributed by atoms with E-state index in [4.69, 9.17) is 5.11 Å².